The van der Waals surface area contributed by atoms with E-state index in [0.717, 1.165) is 26.9 Å². The molecule has 0 saturated carbocycles. The predicted octanol–water partition coefficient (Wildman–Crippen LogP) is 4.29. The zero-order valence-corrected chi connectivity index (χ0v) is 18.3. The van der Waals surface area contributed by atoms with Crippen LogP contribution < -0.4 is 4.80 Å². The Morgan fingerprint density at radius 2 is 1.90 bits per heavy atom. The van der Waals surface area contributed by atoms with E-state index < -0.39 is 0 Å². The third-order valence-corrected chi connectivity index (χ3v) is 5.99. The van der Waals surface area contributed by atoms with E-state index >= 15 is 0 Å². The van der Waals surface area contributed by atoms with Crippen molar-refractivity contribution in [3.05, 3.63) is 63.5 Å². The molecule has 1 aromatic heterocycles. The van der Waals surface area contributed by atoms with E-state index in [0.29, 0.717) is 10.7 Å². The summed E-state index contributed by atoms with van der Waals surface area (Å²) in [6.07, 6.45) is 0.232. The summed E-state index contributed by atoms with van der Waals surface area (Å²) in [6, 6.07) is 12.2. The average Bonchev–Trinajstić information content (AvgIpc) is 3.00. The summed E-state index contributed by atoms with van der Waals surface area (Å²) < 4.78 is 7.59. The van der Waals surface area contributed by atoms with Crippen molar-refractivity contribution in [3.63, 3.8) is 0 Å². The molecule has 1 amide bonds. The standard InChI is InChI=1S/C23H26N2O3S/c1-14(2)17-8-9-19-20(11-17)29-23(25(19)13-22(27)28-5)24-21(26)12-18-7-6-15(3)10-16(18)4/h6-11,14H,12-13H2,1-5H3. The third-order valence-electron chi connectivity index (χ3n) is 4.95. The summed E-state index contributed by atoms with van der Waals surface area (Å²) in [7, 11) is 1.36. The number of ether oxygens (including phenoxy) is 1. The number of carbonyl (C=O) groups is 2. The van der Waals surface area contributed by atoms with Crippen LogP contribution in [0.4, 0.5) is 0 Å². The Bertz CT molecular complexity index is 1140. The lowest BCUT2D eigenvalue weighted by molar-refractivity contribution is -0.141. The first kappa shape index (κ1) is 21.0. The molecule has 0 bridgehead atoms. The van der Waals surface area contributed by atoms with Gasteiger partial charge in [-0.15, -0.1) is 0 Å². The minimum atomic E-state index is -0.374. The van der Waals surface area contributed by atoms with E-state index in [2.05, 4.69) is 37.0 Å². The molecule has 0 aliphatic heterocycles. The molecule has 0 saturated heterocycles. The maximum atomic E-state index is 12.7. The number of fused-ring (bicyclic) bond motifs is 1. The highest BCUT2D eigenvalue weighted by molar-refractivity contribution is 7.16. The lowest BCUT2D eigenvalue weighted by atomic mass is 10.0. The van der Waals surface area contributed by atoms with Crippen molar-refractivity contribution in [2.45, 2.75) is 46.6 Å². The number of rotatable bonds is 5. The molecule has 0 atom stereocenters. The first-order valence-electron chi connectivity index (χ1n) is 9.62. The number of thiazole rings is 1. The number of esters is 1. The summed E-state index contributed by atoms with van der Waals surface area (Å²) in [4.78, 5) is 29.5. The third kappa shape index (κ3) is 4.82. The monoisotopic (exact) mass is 410 g/mol. The Morgan fingerprint density at radius 1 is 1.14 bits per heavy atom. The van der Waals surface area contributed by atoms with E-state index in [1.807, 2.05) is 32.0 Å². The number of aromatic nitrogens is 1. The molecular formula is C23H26N2O3S. The number of nitrogens with zero attached hydrogens (tertiary/aromatic N) is 2. The van der Waals surface area contributed by atoms with Crippen molar-refractivity contribution in [1.82, 2.24) is 4.57 Å². The molecule has 3 rings (SSSR count). The molecule has 6 heteroatoms. The minimum absolute atomic E-state index is 0.0210. The fourth-order valence-electron chi connectivity index (χ4n) is 3.23. The maximum Gasteiger partial charge on any atom is 0.325 e. The largest absolute Gasteiger partial charge is 0.468 e. The second kappa shape index (κ2) is 8.74. The molecule has 0 N–H and O–H groups in total. The Labute approximate surface area is 174 Å². The van der Waals surface area contributed by atoms with Crippen LogP contribution in [0.2, 0.25) is 0 Å². The van der Waals surface area contributed by atoms with Crippen LogP contribution in [0.3, 0.4) is 0 Å². The van der Waals surface area contributed by atoms with Crippen molar-refractivity contribution in [2.75, 3.05) is 7.11 Å². The molecule has 0 aliphatic carbocycles. The first-order valence-corrected chi connectivity index (χ1v) is 10.4. The molecule has 1 heterocycles. The molecule has 0 aliphatic rings. The van der Waals surface area contributed by atoms with Crippen LogP contribution in [0.25, 0.3) is 10.2 Å². The van der Waals surface area contributed by atoms with Gasteiger partial charge in [-0.1, -0.05) is 55.0 Å². The van der Waals surface area contributed by atoms with Gasteiger partial charge in [0.15, 0.2) is 4.80 Å². The highest BCUT2D eigenvalue weighted by Gasteiger charge is 2.13. The Hall–Kier alpha value is -2.73. The van der Waals surface area contributed by atoms with Gasteiger partial charge in [0, 0.05) is 0 Å². The Morgan fingerprint density at radius 3 is 2.55 bits per heavy atom. The van der Waals surface area contributed by atoms with Gasteiger partial charge in [-0.05, 0) is 48.6 Å². The zero-order chi connectivity index (χ0) is 21.1. The van der Waals surface area contributed by atoms with Crippen molar-refractivity contribution < 1.29 is 14.3 Å². The van der Waals surface area contributed by atoms with Crippen molar-refractivity contribution in [3.8, 4) is 0 Å². The number of hydrogen-bond acceptors (Lipinski definition) is 4. The van der Waals surface area contributed by atoms with Gasteiger partial charge >= 0.3 is 5.97 Å². The summed E-state index contributed by atoms with van der Waals surface area (Å²) in [5.41, 5.74) is 5.29. The van der Waals surface area contributed by atoms with Crippen LogP contribution in [0.15, 0.2) is 41.4 Å². The van der Waals surface area contributed by atoms with Crippen LogP contribution >= 0.6 is 11.3 Å². The van der Waals surface area contributed by atoms with Crippen molar-refractivity contribution in [2.24, 2.45) is 4.99 Å². The first-order chi connectivity index (χ1) is 13.8. The topological polar surface area (TPSA) is 60.7 Å². The fraction of sp³-hybridized carbons (Fsp3) is 0.348. The average molecular weight is 411 g/mol. The van der Waals surface area contributed by atoms with E-state index in [-0.39, 0.29) is 24.8 Å². The molecule has 0 spiro atoms. The van der Waals surface area contributed by atoms with E-state index in [1.165, 1.54) is 24.0 Å². The maximum absolute atomic E-state index is 12.7. The van der Waals surface area contributed by atoms with Crippen LogP contribution in [-0.4, -0.2) is 23.6 Å². The zero-order valence-electron chi connectivity index (χ0n) is 17.5. The van der Waals surface area contributed by atoms with Crippen LogP contribution in [-0.2, 0) is 27.3 Å². The van der Waals surface area contributed by atoms with Crippen molar-refractivity contribution >= 4 is 33.4 Å². The highest BCUT2D eigenvalue weighted by Crippen LogP contribution is 2.23. The summed E-state index contributed by atoms with van der Waals surface area (Å²) in [5, 5.41) is 0. The minimum Gasteiger partial charge on any atom is -0.468 e. The van der Waals surface area contributed by atoms with Gasteiger partial charge in [0.1, 0.15) is 6.54 Å². The van der Waals surface area contributed by atoms with Crippen molar-refractivity contribution in [1.29, 1.82) is 0 Å². The Kier molecular flexibility index (Phi) is 6.33. The van der Waals surface area contributed by atoms with Crippen LogP contribution in [0, 0.1) is 13.8 Å². The molecule has 29 heavy (non-hydrogen) atoms. The van der Waals surface area contributed by atoms with Gasteiger partial charge in [-0.2, -0.15) is 4.99 Å². The summed E-state index contributed by atoms with van der Waals surface area (Å²) >= 11 is 1.42. The Balaban J connectivity index is 2.04. The normalized spacial score (nSPS) is 12.0. The highest BCUT2D eigenvalue weighted by atomic mass is 32.1. The SMILES string of the molecule is COC(=O)Cn1c(=NC(=O)Cc2ccc(C)cc2C)sc2cc(C(C)C)ccc21. The van der Waals surface area contributed by atoms with Gasteiger partial charge in [0.2, 0.25) is 0 Å². The molecule has 152 valence electrons. The second-order valence-electron chi connectivity index (χ2n) is 7.54. The number of aryl methyl sites for hydroxylation is 2. The van der Waals surface area contributed by atoms with E-state index in [4.69, 9.17) is 4.74 Å². The van der Waals surface area contributed by atoms with Gasteiger partial charge in [-0.25, -0.2) is 0 Å². The van der Waals surface area contributed by atoms with Crippen LogP contribution in [0.1, 0.15) is 42.0 Å². The van der Waals surface area contributed by atoms with Crippen LogP contribution in [0.5, 0.6) is 0 Å². The number of methoxy groups -OCH3 is 1. The number of carbonyl (C=O) groups excluding carboxylic acids is 2. The van der Waals surface area contributed by atoms with E-state index in [1.54, 1.807) is 4.57 Å². The van der Waals surface area contributed by atoms with Gasteiger partial charge in [0.05, 0.1) is 23.7 Å². The molecule has 0 radical (unpaired) electrons. The smallest absolute Gasteiger partial charge is 0.325 e. The number of hydrogen-bond donors (Lipinski definition) is 0. The molecule has 2 aromatic carbocycles. The number of amides is 1. The van der Waals surface area contributed by atoms with Gasteiger partial charge in [0.25, 0.3) is 5.91 Å². The quantitative estimate of drug-likeness (QED) is 0.590. The van der Waals surface area contributed by atoms with Gasteiger partial charge in [-0.3, -0.25) is 9.59 Å². The van der Waals surface area contributed by atoms with Gasteiger partial charge < -0.3 is 9.30 Å². The summed E-state index contributed by atoms with van der Waals surface area (Å²) in [6.45, 7) is 8.32. The fourth-order valence-corrected chi connectivity index (χ4v) is 4.33. The molecule has 0 unspecified atom stereocenters. The predicted molar refractivity (Wildman–Crippen MR) is 116 cm³/mol. The van der Waals surface area contributed by atoms with E-state index in [9.17, 15) is 9.59 Å². The second-order valence-corrected chi connectivity index (χ2v) is 8.55. The number of benzene rings is 2. The molecular weight excluding hydrogens is 384 g/mol. The lowest BCUT2D eigenvalue weighted by Gasteiger charge is -2.07. The summed E-state index contributed by atoms with van der Waals surface area (Å²) in [5.74, 6) is -0.214. The molecule has 5 nitrogen and oxygen atoms in total. The molecule has 0 fully saturated rings. The molecule has 3 aromatic rings. The lowest BCUT2D eigenvalue weighted by Crippen LogP contribution is -2.22.